The highest BCUT2D eigenvalue weighted by Gasteiger charge is 2.27. The molecule has 0 amide bonds. The van der Waals surface area contributed by atoms with E-state index >= 15 is 0 Å². The number of rotatable bonds is 2. The third-order valence-electron chi connectivity index (χ3n) is 3.28. The highest BCUT2D eigenvalue weighted by Crippen LogP contribution is 2.36. The minimum atomic E-state index is -0.534. The number of hydrogen-bond acceptors (Lipinski definition) is 2. The molecule has 1 saturated carbocycles. The molecule has 0 radical (unpaired) electrons. The Hall–Kier alpha value is -0.610. The SMILES string of the molecule is CC1CCC(N)C(Sc2ccc(F)cc2F)C1. The van der Waals surface area contributed by atoms with Crippen molar-refractivity contribution in [2.45, 2.75) is 42.4 Å². The van der Waals surface area contributed by atoms with E-state index in [-0.39, 0.29) is 11.3 Å². The molecule has 1 nitrogen and oxygen atoms in total. The number of thioether (sulfide) groups is 1. The van der Waals surface area contributed by atoms with Crippen molar-refractivity contribution in [3.63, 3.8) is 0 Å². The van der Waals surface area contributed by atoms with E-state index in [1.54, 1.807) is 0 Å². The molecule has 94 valence electrons. The van der Waals surface area contributed by atoms with Gasteiger partial charge in [-0.3, -0.25) is 0 Å². The Balaban J connectivity index is 2.08. The number of benzene rings is 1. The third kappa shape index (κ3) is 3.19. The van der Waals surface area contributed by atoms with E-state index in [2.05, 4.69) is 6.92 Å². The van der Waals surface area contributed by atoms with E-state index < -0.39 is 11.6 Å². The standard InChI is InChI=1S/C13H17F2NS/c1-8-2-4-11(16)13(6-8)17-12-5-3-9(14)7-10(12)15/h3,5,7-8,11,13H,2,4,6,16H2,1H3. The molecule has 0 bridgehead atoms. The Bertz CT molecular complexity index is 397. The fraction of sp³-hybridized carbons (Fsp3) is 0.538. The predicted octanol–water partition coefficient (Wildman–Crippen LogP) is 3.57. The first-order valence-corrected chi connectivity index (χ1v) is 6.81. The molecule has 1 aromatic carbocycles. The fourth-order valence-electron chi connectivity index (χ4n) is 2.22. The van der Waals surface area contributed by atoms with Gasteiger partial charge < -0.3 is 5.73 Å². The highest BCUT2D eigenvalue weighted by molar-refractivity contribution is 8.00. The quantitative estimate of drug-likeness (QED) is 0.876. The summed E-state index contributed by atoms with van der Waals surface area (Å²) < 4.78 is 26.3. The van der Waals surface area contributed by atoms with Crippen LogP contribution in [-0.2, 0) is 0 Å². The Morgan fingerprint density at radius 3 is 2.76 bits per heavy atom. The van der Waals surface area contributed by atoms with Crippen LogP contribution in [0.1, 0.15) is 26.2 Å². The van der Waals surface area contributed by atoms with Crippen LogP contribution in [0.2, 0.25) is 0 Å². The summed E-state index contributed by atoms with van der Waals surface area (Å²) in [5.74, 6) is -0.385. The van der Waals surface area contributed by atoms with Gasteiger partial charge in [0, 0.05) is 22.3 Å². The zero-order valence-electron chi connectivity index (χ0n) is 9.83. The van der Waals surface area contributed by atoms with E-state index in [1.807, 2.05) is 0 Å². The maximum Gasteiger partial charge on any atom is 0.139 e. The molecule has 4 heteroatoms. The van der Waals surface area contributed by atoms with E-state index in [9.17, 15) is 8.78 Å². The number of halogens is 2. The van der Waals surface area contributed by atoms with Crippen molar-refractivity contribution in [3.05, 3.63) is 29.8 Å². The van der Waals surface area contributed by atoms with E-state index in [0.717, 1.165) is 25.3 Å². The van der Waals surface area contributed by atoms with Crippen LogP contribution < -0.4 is 5.73 Å². The van der Waals surface area contributed by atoms with Crippen molar-refractivity contribution >= 4 is 11.8 Å². The van der Waals surface area contributed by atoms with Crippen molar-refractivity contribution in [2.24, 2.45) is 11.7 Å². The highest BCUT2D eigenvalue weighted by atomic mass is 32.2. The molecule has 1 aliphatic rings. The Morgan fingerprint density at radius 2 is 2.06 bits per heavy atom. The van der Waals surface area contributed by atoms with E-state index in [0.29, 0.717) is 10.8 Å². The topological polar surface area (TPSA) is 26.0 Å². The van der Waals surface area contributed by atoms with Gasteiger partial charge in [0.25, 0.3) is 0 Å². The largest absolute Gasteiger partial charge is 0.327 e. The summed E-state index contributed by atoms with van der Waals surface area (Å²) in [5, 5.41) is 0.235. The van der Waals surface area contributed by atoms with Gasteiger partial charge in [0.05, 0.1) is 0 Å². The summed E-state index contributed by atoms with van der Waals surface area (Å²) in [7, 11) is 0. The molecule has 0 aromatic heterocycles. The van der Waals surface area contributed by atoms with Crippen molar-refractivity contribution in [1.82, 2.24) is 0 Å². The van der Waals surface area contributed by atoms with Crippen LogP contribution in [0.3, 0.4) is 0 Å². The zero-order valence-corrected chi connectivity index (χ0v) is 10.6. The molecule has 0 saturated heterocycles. The molecule has 2 rings (SSSR count). The van der Waals surface area contributed by atoms with Crippen LogP contribution in [0.5, 0.6) is 0 Å². The van der Waals surface area contributed by atoms with Gasteiger partial charge in [0.1, 0.15) is 11.6 Å². The summed E-state index contributed by atoms with van der Waals surface area (Å²) in [5.41, 5.74) is 6.05. The summed E-state index contributed by atoms with van der Waals surface area (Å²) in [4.78, 5) is 0.501. The summed E-state index contributed by atoms with van der Waals surface area (Å²) >= 11 is 1.45. The minimum absolute atomic E-state index is 0.112. The first kappa shape index (κ1) is 12.8. The molecule has 17 heavy (non-hydrogen) atoms. The Labute approximate surface area is 105 Å². The third-order valence-corrected chi connectivity index (χ3v) is 4.71. The fourth-order valence-corrected chi connectivity index (χ4v) is 3.60. The number of hydrogen-bond donors (Lipinski definition) is 1. The Kier molecular flexibility index (Phi) is 4.05. The average Bonchev–Trinajstić information content (AvgIpc) is 2.27. The van der Waals surface area contributed by atoms with Crippen molar-refractivity contribution in [2.75, 3.05) is 0 Å². The lowest BCUT2D eigenvalue weighted by Gasteiger charge is -2.32. The summed E-state index contributed by atoms with van der Waals surface area (Å²) in [6.07, 6.45) is 3.13. The molecule has 3 unspecified atom stereocenters. The molecule has 1 aliphatic carbocycles. The maximum atomic E-state index is 13.5. The normalized spacial score (nSPS) is 29.3. The van der Waals surface area contributed by atoms with Crippen molar-refractivity contribution in [3.8, 4) is 0 Å². The van der Waals surface area contributed by atoms with Gasteiger partial charge in [-0.1, -0.05) is 6.92 Å². The molecule has 2 N–H and O–H groups in total. The van der Waals surface area contributed by atoms with E-state index in [4.69, 9.17) is 5.73 Å². The molecule has 1 aromatic rings. The molecular weight excluding hydrogens is 240 g/mol. The predicted molar refractivity (Wildman–Crippen MR) is 67.0 cm³/mol. The smallest absolute Gasteiger partial charge is 0.139 e. The van der Waals surface area contributed by atoms with Gasteiger partial charge in [-0.2, -0.15) is 0 Å². The van der Waals surface area contributed by atoms with Gasteiger partial charge in [-0.05, 0) is 37.3 Å². The second-order valence-corrected chi connectivity index (χ2v) is 6.09. The second-order valence-electron chi connectivity index (χ2n) is 4.81. The van der Waals surface area contributed by atoms with Crippen molar-refractivity contribution < 1.29 is 8.78 Å². The first-order chi connectivity index (χ1) is 8.06. The Morgan fingerprint density at radius 1 is 1.29 bits per heavy atom. The lowest BCUT2D eigenvalue weighted by Crippen LogP contribution is -2.37. The van der Waals surface area contributed by atoms with Gasteiger partial charge in [0.2, 0.25) is 0 Å². The van der Waals surface area contributed by atoms with Crippen molar-refractivity contribution in [1.29, 1.82) is 0 Å². The van der Waals surface area contributed by atoms with Crippen LogP contribution >= 0.6 is 11.8 Å². The first-order valence-electron chi connectivity index (χ1n) is 5.93. The number of nitrogens with two attached hydrogens (primary N) is 1. The van der Waals surface area contributed by atoms with Gasteiger partial charge >= 0.3 is 0 Å². The van der Waals surface area contributed by atoms with Crippen LogP contribution in [-0.4, -0.2) is 11.3 Å². The second kappa shape index (κ2) is 5.36. The molecule has 3 atom stereocenters. The van der Waals surface area contributed by atoms with Gasteiger partial charge in [-0.15, -0.1) is 11.8 Å². The van der Waals surface area contributed by atoms with Crippen LogP contribution in [0.25, 0.3) is 0 Å². The van der Waals surface area contributed by atoms with Crippen LogP contribution in [0.15, 0.2) is 23.1 Å². The van der Waals surface area contributed by atoms with Crippen LogP contribution in [0.4, 0.5) is 8.78 Å². The monoisotopic (exact) mass is 257 g/mol. The zero-order chi connectivity index (χ0) is 12.4. The lowest BCUT2D eigenvalue weighted by molar-refractivity contribution is 0.357. The van der Waals surface area contributed by atoms with E-state index in [1.165, 1.54) is 23.9 Å². The minimum Gasteiger partial charge on any atom is -0.327 e. The molecule has 1 fully saturated rings. The van der Waals surface area contributed by atoms with Crippen LogP contribution in [0, 0.1) is 17.6 Å². The lowest BCUT2D eigenvalue weighted by atomic mass is 9.87. The molecular formula is C13H17F2NS. The summed E-state index contributed by atoms with van der Waals surface area (Å²) in [6, 6.07) is 3.84. The summed E-state index contributed by atoms with van der Waals surface area (Å²) in [6.45, 7) is 2.19. The molecule has 0 heterocycles. The maximum absolute atomic E-state index is 13.5. The molecule has 0 aliphatic heterocycles. The van der Waals surface area contributed by atoms with Gasteiger partial charge in [0.15, 0.2) is 0 Å². The molecule has 0 spiro atoms. The average molecular weight is 257 g/mol. The van der Waals surface area contributed by atoms with Gasteiger partial charge in [-0.25, -0.2) is 8.78 Å².